The van der Waals surface area contributed by atoms with E-state index >= 15 is 0 Å². The van der Waals surface area contributed by atoms with E-state index in [9.17, 15) is 4.79 Å². The van der Waals surface area contributed by atoms with E-state index in [1.165, 1.54) is 24.0 Å². The summed E-state index contributed by atoms with van der Waals surface area (Å²) in [5.41, 5.74) is 2.49. The smallest absolute Gasteiger partial charge is 0.220 e. The minimum atomic E-state index is 0.147. The van der Waals surface area contributed by atoms with Gasteiger partial charge in [0.1, 0.15) is 0 Å². The molecular weight excluding hydrogens is 224 g/mol. The third-order valence-corrected chi connectivity index (χ3v) is 3.18. The van der Waals surface area contributed by atoms with Crippen LogP contribution >= 0.6 is 0 Å². The minimum absolute atomic E-state index is 0.147. The van der Waals surface area contributed by atoms with E-state index in [0.717, 1.165) is 19.5 Å². The highest BCUT2D eigenvalue weighted by atomic mass is 16.1. The lowest BCUT2D eigenvalue weighted by molar-refractivity contribution is -0.121. The molecule has 98 valence electrons. The second-order valence-electron chi connectivity index (χ2n) is 5.07. The Balaban J connectivity index is 1.58. The molecule has 2 rings (SSSR count). The van der Waals surface area contributed by atoms with Gasteiger partial charge >= 0.3 is 0 Å². The van der Waals surface area contributed by atoms with E-state index in [1.807, 2.05) is 6.07 Å². The van der Waals surface area contributed by atoms with Gasteiger partial charge in [-0.15, -0.1) is 0 Å². The molecule has 0 saturated heterocycles. The normalized spacial score (nSPS) is 14.5. The lowest BCUT2D eigenvalue weighted by Crippen LogP contribution is -2.32. The predicted octanol–water partition coefficient (Wildman–Crippen LogP) is 1.80. The number of nitrogens with one attached hydrogen (secondary N) is 2. The van der Waals surface area contributed by atoms with Crippen LogP contribution in [0.4, 0.5) is 0 Å². The van der Waals surface area contributed by atoms with E-state index in [1.54, 1.807) is 0 Å². The molecule has 0 radical (unpaired) electrons. The maximum Gasteiger partial charge on any atom is 0.220 e. The molecule has 3 heteroatoms. The van der Waals surface area contributed by atoms with Crippen molar-refractivity contribution in [2.24, 2.45) is 0 Å². The van der Waals surface area contributed by atoms with Gasteiger partial charge in [0.25, 0.3) is 0 Å². The fourth-order valence-electron chi connectivity index (χ4n) is 1.98. The van der Waals surface area contributed by atoms with E-state index in [2.05, 4.69) is 35.8 Å². The van der Waals surface area contributed by atoms with Crippen LogP contribution in [-0.4, -0.2) is 25.0 Å². The van der Waals surface area contributed by atoms with Crippen molar-refractivity contribution in [2.75, 3.05) is 13.1 Å². The van der Waals surface area contributed by atoms with Gasteiger partial charge in [0.2, 0.25) is 5.91 Å². The molecule has 1 aliphatic carbocycles. The van der Waals surface area contributed by atoms with Crippen molar-refractivity contribution in [3.63, 3.8) is 0 Å². The zero-order valence-electron chi connectivity index (χ0n) is 11.0. The molecule has 1 aliphatic rings. The number of rotatable bonds is 7. The van der Waals surface area contributed by atoms with E-state index in [4.69, 9.17) is 0 Å². The number of carbonyl (C=O) groups is 1. The van der Waals surface area contributed by atoms with Crippen LogP contribution in [0.1, 0.15) is 30.4 Å². The number of benzene rings is 1. The molecule has 2 N–H and O–H groups in total. The number of hydrogen-bond acceptors (Lipinski definition) is 2. The Morgan fingerprint density at radius 2 is 2.17 bits per heavy atom. The van der Waals surface area contributed by atoms with Gasteiger partial charge in [0, 0.05) is 25.6 Å². The van der Waals surface area contributed by atoms with Gasteiger partial charge in [-0.3, -0.25) is 4.79 Å². The van der Waals surface area contributed by atoms with Crippen LogP contribution in [0.5, 0.6) is 0 Å². The number of amides is 1. The monoisotopic (exact) mass is 246 g/mol. The maximum absolute atomic E-state index is 11.6. The summed E-state index contributed by atoms with van der Waals surface area (Å²) in [6.07, 6.45) is 3.99. The van der Waals surface area contributed by atoms with E-state index in [-0.39, 0.29) is 5.91 Å². The Morgan fingerprint density at radius 1 is 1.33 bits per heavy atom. The van der Waals surface area contributed by atoms with Gasteiger partial charge in [0.15, 0.2) is 0 Å². The Morgan fingerprint density at radius 3 is 2.89 bits per heavy atom. The van der Waals surface area contributed by atoms with Gasteiger partial charge in [-0.25, -0.2) is 0 Å². The third-order valence-electron chi connectivity index (χ3n) is 3.18. The Bertz CT molecular complexity index is 399. The summed E-state index contributed by atoms with van der Waals surface area (Å²) in [5, 5.41) is 6.33. The Hall–Kier alpha value is -1.35. The van der Waals surface area contributed by atoms with E-state index < -0.39 is 0 Å². The van der Waals surface area contributed by atoms with Crippen molar-refractivity contribution in [3.8, 4) is 0 Å². The fourth-order valence-corrected chi connectivity index (χ4v) is 1.98. The summed E-state index contributed by atoms with van der Waals surface area (Å²) in [5.74, 6) is 0.147. The van der Waals surface area contributed by atoms with Crippen molar-refractivity contribution in [2.45, 2.75) is 38.6 Å². The summed E-state index contributed by atoms with van der Waals surface area (Å²) >= 11 is 0. The second kappa shape index (κ2) is 6.55. The molecular formula is C15H22N2O. The standard InChI is InChI=1S/C15H22N2O/c1-12-3-2-4-13(11-12)5-8-15(18)17-10-9-16-14-6-7-14/h2-4,11,14,16H,5-10H2,1H3,(H,17,18). The first-order valence-corrected chi connectivity index (χ1v) is 6.79. The highest BCUT2D eigenvalue weighted by molar-refractivity contribution is 5.76. The molecule has 1 aromatic carbocycles. The predicted molar refractivity (Wildman–Crippen MR) is 73.5 cm³/mol. The summed E-state index contributed by atoms with van der Waals surface area (Å²) in [6.45, 7) is 3.71. The second-order valence-corrected chi connectivity index (χ2v) is 5.07. The molecule has 0 aromatic heterocycles. The molecule has 1 amide bonds. The molecule has 1 saturated carbocycles. The van der Waals surface area contributed by atoms with Crippen LogP contribution in [0.15, 0.2) is 24.3 Å². The van der Waals surface area contributed by atoms with Crippen LogP contribution in [0, 0.1) is 6.92 Å². The number of aryl methyl sites for hydroxylation is 2. The SMILES string of the molecule is Cc1cccc(CCC(=O)NCCNC2CC2)c1. The van der Waals surface area contributed by atoms with Crippen molar-refractivity contribution >= 4 is 5.91 Å². The van der Waals surface area contributed by atoms with Crippen molar-refractivity contribution in [1.29, 1.82) is 0 Å². The molecule has 0 aliphatic heterocycles. The molecule has 3 nitrogen and oxygen atoms in total. The van der Waals surface area contributed by atoms with Crippen LogP contribution in [0.25, 0.3) is 0 Å². The summed E-state index contributed by atoms with van der Waals surface area (Å²) < 4.78 is 0. The highest BCUT2D eigenvalue weighted by Crippen LogP contribution is 2.17. The molecule has 0 spiro atoms. The van der Waals surface area contributed by atoms with Gasteiger partial charge in [-0.05, 0) is 31.7 Å². The maximum atomic E-state index is 11.6. The number of hydrogen-bond donors (Lipinski definition) is 2. The molecule has 0 atom stereocenters. The molecule has 1 fully saturated rings. The van der Waals surface area contributed by atoms with E-state index in [0.29, 0.717) is 12.5 Å². The largest absolute Gasteiger partial charge is 0.355 e. The topological polar surface area (TPSA) is 41.1 Å². The molecule has 0 heterocycles. The first kappa shape index (κ1) is 13.1. The first-order chi connectivity index (χ1) is 8.74. The zero-order valence-corrected chi connectivity index (χ0v) is 11.0. The molecule has 0 unspecified atom stereocenters. The van der Waals surface area contributed by atoms with Gasteiger partial charge in [-0.1, -0.05) is 29.8 Å². The van der Waals surface area contributed by atoms with Crippen molar-refractivity contribution < 1.29 is 4.79 Å². The van der Waals surface area contributed by atoms with Crippen molar-refractivity contribution in [3.05, 3.63) is 35.4 Å². The molecule has 0 bridgehead atoms. The first-order valence-electron chi connectivity index (χ1n) is 6.79. The molecule has 1 aromatic rings. The van der Waals surface area contributed by atoms with Crippen LogP contribution in [0.2, 0.25) is 0 Å². The average molecular weight is 246 g/mol. The third kappa shape index (κ3) is 4.88. The zero-order chi connectivity index (χ0) is 12.8. The lowest BCUT2D eigenvalue weighted by Gasteiger charge is -2.06. The summed E-state index contributed by atoms with van der Waals surface area (Å²) in [6, 6.07) is 9.06. The van der Waals surface area contributed by atoms with Crippen LogP contribution in [-0.2, 0) is 11.2 Å². The van der Waals surface area contributed by atoms with Crippen molar-refractivity contribution in [1.82, 2.24) is 10.6 Å². The fraction of sp³-hybridized carbons (Fsp3) is 0.533. The highest BCUT2D eigenvalue weighted by Gasteiger charge is 2.19. The average Bonchev–Trinajstić information content (AvgIpc) is 3.16. The molecule has 18 heavy (non-hydrogen) atoms. The van der Waals surface area contributed by atoms with Gasteiger partial charge in [0.05, 0.1) is 0 Å². The van der Waals surface area contributed by atoms with Crippen LogP contribution in [0.3, 0.4) is 0 Å². The minimum Gasteiger partial charge on any atom is -0.355 e. The summed E-state index contributed by atoms with van der Waals surface area (Å²) in [7, 11) is 0. The quantitative estimate of drug-likeness (QED) is 0.720. The Kier molecular flexibility index (Phi) is 4.76. The van der Waals surface area contributed by atoms with Gasteiger partial charge in [-0.2, -0.15) is 0 Å². The lowest BCUT2D eigenvalue weighted by atomic mass is 10.1. The van der Waals surface area contributed by atoms with Gasteiger partial charge < -0.3 is 10.6 Å². The Labute approximate surface area is 109 Å². The number of carbonyl (C=O) groups excluding carboxylic acids is 1. The summed E-state index contributed by atoms with van der Waals surface area (Å²) in [4.78, 5) is 11.6. The van der Waals surface area contributed by atoms with Crippen LogP contribution < -0.4 is 10.6 Å².